The van der Waals surface area contributed by atoms with Crippen molar-refractivity contribution in [3.63, 3.8) is 0 Å². The molecule has 36 heavy (non-hydrogen) atoms. The molecule has 0 fully saturated rings. The van der Waals surface area contributed by atoms with E-state index in [1.54, 1.807) is 30.3 Å². The molecule has 1 N–H and O–H groups in total. The second-order valence-electron chi connectivity index (χ2n) is 8.04. The molecule has 0 unspecified atom stereocenters. The largest absolute Gasteiger partial charge is 0.496 e. The van der Waals surface area contributed by atoms with E-state index >= 15 is 0 Å². The number of hydrogen-bond donors (Lipinski definition) is 1. The molecule has 1 aromatic heterocycles. The van der Waals surface area contributed by atoms with E-state index in [2.05, 4.69) is 17.3 Å². The van der Waals surface area contributed by atoms with Gasteiger partial charge >= 0.3 is 0 Å². The molecular weight excluding hydrogens is 454 g/mol. The van der Waals surface area contributed by atoms with Gasteiger partial charge < -0.3 is 19.5 Å². The van der Waals surface area contributed by atoms with Crippen LogP contribution in [0, 0.1) is 0 Å². The van der Waals surface area contributed by atoms with Crippen molar-refractivity contribution in [3.8, 4) is 17.2 Å². The molecule has 0 bridgehead atoms. The fourth-order valence-electron chi connectivity index (χ4n) is 3.51. The zero-order chi connectivity index (χ0) is 25.2. The van der Waals surface area contributed by atoms with Gasteiger partial charge in [-0.25, -0.2) is 4.68 Å². The average Bonchev–Trinajstić information content (AvgIpc) is 3.37. The lowest BCUT2D eigenvalue weighted by molar-refractivity contribution is -0.111. The minimum Gasteiger partial charge on any atom is -0.496 e. The van der Waals surface area contributed by atoms with E-state index in [0.29, 0.717) is 12.3 Å². The summed E-state index contributed by atoms with van der Waals surface area (Å²) in [5, 5.41) is 7.05. The lowest BCUT2D eigenvalue weighted by Gasteiger charge is -2.11. The lowest BCUT2D eigenvalue weighted by Crippen LogP contribution is -2.08. The molecule has 7 nitrogen and oxygen atoms in total. The standard InChI is InChI=1S/C29H29N3O4/c1-3-22-9-13-27(14-10-22)36-21-32-19-25(18-30-32)31-29(33)16-12-23-11-15-28(34-2)24(17-23)20-35-26-7-5-4-6-8-26/h4-19H,3,20-21H2,1-2H3,(H,31,33)/b16-12+. The highest BCUT2D eigenvalue weighted by Gasteiger charge is 2.06. The van der Waals surface area contributed by atoms with Crippen molar-refractivity contribution in [2.45, 2.75) is 26.7 Å². The minimum atomic E-state index is -0.261. The number of benzene rings is 3. The van der Waals surface area contributed by atoms with Crippen LogP contribution in [-0.2, 0) is 24.6 Å². The molecule has 7 heteroatoms. The van der Waals surface area contributed by atoms with Gasteiger partial charge in [-0.2, -0.15) is 5.10 Å². The maximum atomic E-state index is 12.4. The van der Waals surface area contributed by atoms with Crippen molar-refractivity contribution in [2.24, 2.45) is 0 Å². The van der Waals surface area contributed by atoms with Gasteiger partial charge in [0, 0.05) is 11.6 Å². The third kappa shape index (κ3) is 6.99. The first kappa shape index (κ1) is 24.6. The maximum absolute atomic E-state index is 12.4. The fourth-order valence-corrected chi connectivity index (χ4v) is 3.51. The van der Waals surface area contributed by atoms with Gasteiger partial charge in [-0.05, 0) is 60.0 Å². The molecule has 3 aromatic carbocycles. The number of carbonyl (C=O) groups is 1. The summed E-state index contributed by atoms with van der Waals surface area (Å²) in [6.07, 6.45) is 7.51. The SMILES string of the molecule is CCc1ccc(OCn2cc(NC(=O)/C=C/c3ccc(OC)c(COc4ccccc4)c3)cn2)cc1. The Morgan fingerprint density at radius 3 is 2.53 bits per heavy atom. The molecule has 0 spiro atoms. The summed E-state index contributed by atoms with van der Waals surface area (Å²) in [6, 6.07) is 23.2. The van der Waals surface area contributed by atoms with Gasteiger partial charge in [0.1, 0.15) is 23.9 Å². The molecule has 0 saturated carbocycles. The number of methoxy groups -OCH3 is 1. The van der Waals surface area contributed by atoms with Crippen molar-refractivity contribution >= 4 is 17.7 Å². The third-order valence-corrected chi connectivity index (χ3v) is 5.47. The van der Waals surface area contributed by atoms with Gasteiger partial charge in [-0.1, -0.05) is 43.3 Å². The number of nitrogens with zero attached hydrogens (tertiary/aromatic N) is 2. The van der Waals surface area contributed by atoms with Gasteiger partial charge in [0.15, 0.2) is 6.73 Å². The summed E-state index contributed by atoms with van der Waals surface area (Å²) in [4.78, 5) is 12.4. The second kappa shape index (κ2) is 12.3. The van der Waals surface area contributed by atoms with Gasteiger partial charge in [-0.15, -0.1) is 0 Å². The smallest absolute Gasteiger partial charge is 0.248 e. The summed E-state index contributed by atoms with van der Waals surface area (Å²) < 4.78 is 18.7. The normalized spacial score (nSPS) is 10.8. The Bertz CT molecular complexity index is 1300. The first-order chi connectivity index (χ1) is 17.6. The Hall–Kier alpha value is -4.52. The topological polar surface area (TPSA) is 74.6 Å². The van der Waals surface area contributed by atoms with Crippen LogP contribution in [0.4, 0.5) is 5.69 Å². The summed E-state index contributed by atoms with van der Waals surface area (Å²) in [5.41, 5.74) is 3.58. The van der Waals surface area contributed by atoms with Crippen LogP contribution in [0.1, 0.15) is 23.6 Å². The van der Waals surface area contributed by atoms with Crippen LogP contribution < -0.4 is 19.5 Å². The molecule has 0 aliphatic rings. The zero-order valence-corrected chi connectivity index (χ0v) is 20.4. The Morgan fingerprint density at radius 2 is 1.78 bits per heavy atom. The molecule has 0 aliphatic carbocycles. The zero-order valence-electron chi connectivity index (χ0n) is 20.4. The number of hydrogen-bond acceptors (Lipinski definition) is 5. The molecule has 0 saturated heterocycles. The van der Waals surface area contributed by atoms with Crippen LogP contribution in [0.2, 0.25) is 0 Å². The van der Waals surface area contributed by atoms with Gasteiger partial charge in [0.2, 0.25) is 5.91 Å². The number of rotatable bonds is 11. The fraction of sp³-hybridized carbons (Fsp3) is 0.172. The van der Waals surface area contributed by atoms with Crippen LogP contribution in [0.25, 0.3) is 6.08 Å². The van der Waals surface area contributed by atoms with Crippen molar-refractivity contribution in [1.29, 1.82) is 0 Å². The number of nitrogens with one attached hydrogen (secondary N) is 1. The van der Waals surface area contributed by atoms with E-state index in [0.717, 1.165) is 34.8 Å². The molecule has 1 amide bonds. The number of ether oxygens (including phenoxy) is 3. The van der Waals surface area contributed by atoms with Crippen molar-refractivity contribution in [1.82, 2.24) is 9.78 Å². The van der Waals surface area contributed by atoms with Crippen molar-refractivity contribution in [2.75, 3.05) is 12.4 Å². The van der Waals surface area contributed by atoms with Crippen LogP contribution in [0.3, 0.4) is 0 Å². The molecule has 1 heterocycles. The molecular formula is C29H29N3O4. The summed E-state index contributed by atoms with van der Waals surface area (Å²) in [5.74, 6) is 2.01. The summed E-state index contributed by atoms with van der Waals surface area (Å²) in [7, 11) is 1.62. The van der Waals surface area contributed by atoms with E-state index in [4.69, 9.17) is 14.2 Å². The highest BCUT2D eigenvalue weighted by atomic mass is 16.5. The highest BCUT2D eigenvalue weighted by Crippen LogP contribution is 2.23. The number of aryl methyl sites for hydroxylation is 1. The highest BCUT2D eigenvalue weighted by molar-refractivity contribution is 6.01. The Balaban J connectivity index is 1.31. The molecule has 184 valence electrons. The van der Waals surface area contributed by atoms with Crippen LogP contribution in [0.5, 0.6) is 17.2 Å². The Morgan fingerprint density at radius 1 is 1.00 bits per heavy atom. The monoisotopic (exact) mass is 483 g/mol. The quantitative estimate of drug-likeness (QED) is 0.276. The first-order valence-corrected chi connectivity index (χ1v) is 11.7. The minimum absolute atomic E-state index is 0.247. The number of anilines is 1. The van der Waals surface area contributed by atoms with E-state index in [-0.39, 0.29) is 12.6 Å². The summed E-state index contributed by atoms with van der Waals surface area (Å²) in [6.45, 7) is 2.71. The van der Waals surface area contributed by atoms with Gasteiger partial charge in [-0.3, -0.25) is 4.79 Å². The van der Waals surface area contributed by atoms with Gasteiger partial charge in [0.05, 0.1) is 25.2 Å². The second-order valence-corrected chi connectivity index (χ2v) is 8.04. The predicted octanol–water partition coefficient (Wildman–Crippen LogP) is 5.72. The molecule has 4 rings (SSSR count). The number of para-hydroxylation sites is 1. The summed E-state index contributed by atoms with van der Waals surface area (Å²) >= 11 is 0. The van der Waals surface area contributed by atoms with E-state index in [1.165, 1.54) is 11.6 Å². The number of carbonyl (C=O) groups excluding carboxylic acids is 1. The van der Waals surface area contributed by atoms with Crippen LogP contribution in [0.15, 0.2) is 91.3 Å². The Kier molecular flexibility index (Phi) is 8.38. The predicted molar refractivity (Wildman–Crippen MR) is 140 cm³/mol. The number of aromatic nitrogens is 2. The van der Waals surface area contributed by atoms with Crippen LogP contribution >= 0.6 is 0 Å². The average molecular weight is 484 g/mol. The lowest BCUT2D eigenvalue weighted by atomic mass is 10.1. The van der Waals surface area contributed by atoms with E-state index in [1.807, 2.05) is 72.8 Å². The maximum Gasteiger partial charge on any atom is 0.248 e. The third-order valence-electron chi connectivity index (χ3n) is 5.47. The molecule has 4 aromatic rings. The molecule has 0 radical (unpaired) electrons. The Labute approximate surface area is 210 Å². The molecule has 0 atom stereocenters. The van der Waals surface area contributed by atoms with Gasteiger partial charge in [0.25, 0.3) is 0 Å². The first-order valence-electron chi connectivity index (χ1n) is 11.7. The number of amides is 1. The molecule has 0 aliphatic heterocycles. The van der Waals surface area contributed by atoms with E-state index in [9.17, 15) is 4.79 Å². The van der Waals surface area contributed by atoms with Crippen LogP contribution in [-0.4, -0.2) is 22.8 Å². The van der Waals surface area contributed by atoms with Crippen molar-refractivity contribution in [3.05, 3.63) is 108 Å². The van der Waals surface area contributed by atoms with E-state index < -0.39 is 0 Å². The van der Waals surface area contributed by atoms with Crippen molar-refractivity contribution < 1.29 is 19.0 Å².